The molecule has 0 saturated heterocycles. The van der Waals surface area contributed by atoms with Gasteiger partial charge in [0, 0.05) is 13.1 Å². The molecule has 0 saturated carbocycles. The molecule has 0 fully saturated rings. The van der Waals surface area contributed by atoms with Gasteiger partial charge in [-0.15, -0.1) is 0 Å². The average molecular weight is 469 g/mol. The summed E-state index contributed by atoms with van der Waals surface area (Å²) in [6.07, 6.45) is 0.759. The van der Waals surface area contributed by atoms with E-state index in [1.807, 2.05) is 25.1 Å². The Kier molecular flexibility index (Phi) is 8.84. The number of nitrogens with one attached hydrogen (secondary N) is 1. The Bertz CT molecular complexity index is 1060. The van der Waals surface area contributed by atoms with Crippen molar-refractivity contribution in [2.75, 3.05) is 13.2 Å². The van der Waals surface area contributed by atoms with Crippen LogP contribution in [0.1, 0.15) is 30.5 Å². The molecule has 0 aromatic heterocycles. The van der Waals surface area contributed by atoms with Crippen LogP contribution in [0.2, 0.25) is 5.02 Å². The molecule has 1 atom stereocenters. The van der Waals surface area contributed by atoms with E-state index in [4.69, 9.17) is 16.3 Å². The highest BCUT2D eigenvalue weighted by atomic mass is 35.5. The molecule has 1 N–H and O–H groups in total. The van der Waals surface area contributed by atoms with Crippen LogP contribution in [0.25, 0.3) is 0 Å². The van der Waals surface area contributed by atoms with Crippen molar-refractivity contribution in [3.8, 4) is 5.75 Å². The van der Waals surface area contributed by atoms with Gasteiger partial charge in [-0.3, -0.25) is 9.59 Å². The summed E-state index contributed by atoms with van der Waals surface area (Å²) in [5, 5.41) is 3.27. The number of carbonyl (C=O) groups excluding carboxylic acids is 2. The lowest BCUT2D eigenvalue weighted by molar-refractivity contribution is -0.143. The summed E-state index contributed by atoms with van der Waals surface area (Å²) in [5.41, 5.74) is 1.35. The molecule has 7 heteroatoms. The molecular weight excluding hydrogens is 443 g/mol. The fourth-order valence-corrected chi connectivity index (χ4v) is 3.54. The lowest BCUT2D eigenvalue weighted by atomic mass is 10.0. The fraction of sp³-hybridized carbons (Fsp3) is 0.231. The van der Waals surface area contributed by atoms with Gasteiger partial charge >= 0.3 is 0 Å². The van der Waals surface area contributed by atoms with Gasteiger partial charge in [0.2, 0.25) is 5.91 Å². The van der Waals surface area contributed by atoms with Crippen molar-refractivity contribution >= 4 is 23.4 Å². The number of benzene rings is 3. The third kappa shape index (κ3) is 6.80. The minimum atomic E-state index is -0.884. The Morgan fingerprint density at radius 1 is 1.00 bits per heavy atom. The number of amides is 2. The van der Waals surface area contributed by atoms with Crippen LogP contribution in [-0.4, -0.2) is 29.9 Å². The van der Waals surface area contributed by atoms with Gasteiger partial charge in [-0.2, -0.15) is 0 Å². The third-order valence-electron chi connectivity index (χ3n) is 5.00. The lowest BCUT2D eigenvalue weighted by Gasteiger charge is -2.31. The van der Waals surface area contributed by atoms with Gasteiger partial charge in [0.15, 0.2) is 6.61 Å². The van der Waals surface area contributed by atoms with Crippen LogP contribution in [0.3, 0.4) is 0 Å². The summed E-state index contributed by atoms with van der Waals surface area (Å²) in [4.78, 5) is 28.0. The summed E-state index contributed by atoms with van der Waals surface area (Å²) < 4.78 is 19.1. The largest absolute Gasteiger partial charge is 0.482 e. The summed E-state index contributed by atoms with van der Waals surface area (Å²) in [6, 6.07) is 20.9. The number of nitrogens with zero attached hydrogens (tertiary/aromatic N) is 1. The Morgan fingerprint density at radius 2 is 1.67 bits per heavy atom. The smallest absolute Gasteiger partial charge is 0.261 e. The molecule has 0 aliphatic heterocycles. The van der Waals surface area contributed by atoms with Crippen LogP contribution in [0, 0.1) is 5.82 Å². The number of hydrogen-bond donors (Lipinski definition) is 1. The number of rotatable bonds is 10. The Balaban J connectivity index is 1.93. The molecule has 0 spiro atoms. The van der Waals surface area contributed by atoms with Gasteiger partial charge in [0.25, 0.3) is 5.91 Å². The lowest BCUT2D eigenvalue weighted by Crippen LogP contribution is -2.45. The molecule has 3 rings (SSSR count). The molecule has 0 aliphatic carbocycles. The van der Waals surface area contributed by atoms with E-state index in [1.54, 1.807) is 48.5 Å². The van der Waals surface area contributed by atoms with E-state index < -0.39 is 11.9 Å². The molecule has 5 nitrogen and oxygen atoms in total. The maximum absolute atomic E-state index is 13.4. The zero-order valence-electron chi connectivity index (χ0n) is 18.3. The second kappa shape index (κ2) is 12.0. The average Bonchev–Trinajstić information content (AvgIpc) is 2.83. The SMILES string of the molecule is CCCNC(=O)C(c1ccccc1)N(Cc1ccc(F)cc1)C(=O)COc1ccccc1Cl. The molecule has 33 heavy (non-hydrogen) atoms. The quantitative estimate of drug-likeness (QED) is 0.447. The van der Waals surface area contributed by atoms with E-state index in [0.717, 1.165) is 6.42 Å². The van der Waals surface area contributed by atoms with Gasteiger partial charge in [-0.05, 0) is 41.8 Å². The maximum Gasteiger partial charge on any atom is 0.261 e. The van der Waals surface area contributed by atoms with E-state index in [-0.39, 0.29) is 24.9 Å². The first kappa shape index (κ1) is 24.3. The number of ether oxygens (including phenoxy) is 1. The predicted molar refractivity (Wildman–Crippen MR) is 126 cm³/mol. The molecule has 3 aromatic rings. The fourth-order valence-electron chi connectivity index (χ4n) is 3.35. The van der Waals surface area contributed by atoms with Gasteiger partial charge in [0.05, 0.1) is 5.02 Å². The van der Waals surface area contributed by atoms with Crippen molar-refractivity contribution in [2.24, 2.45) is 0 Å². The van der Waals surface area contributed by atoms with E-state index in [2.05, 4.69) is 5.32 Å². The van der Waals surface area contributed by atoms with Gasteiger partial charge in [-0.1, -0.05) is 73.1 Å². The van der Waals surface area contributed by atoms with Crippen LogP contribution in [0.15, 0.2) is 78.9 Å². The van der Waals surface area contributed by atoms with Crippen molar-refractivity contribution in [3.05, 3.63) is 101 Å². The van der Waals surface area contributed by atoms with Crippen molar-refractivity contribution in [3.63, 3.8) is 0 Å². The van der Waals surface area contributed by atoms with Gasteiger partial charge in [0.1, 0.15) is 17.6 Å². The molecule has 0 aliphatic rings. The summed E-state index contributed by atoms with van der Waals surface area (Å²) in [6.45, 7) is 2.23. The molecule has 2 amide bonds. The van der Waals surface area contributed by atoms with E-state index in [0.29, 0.717) is 28.4 Å². The monoisotopic (exact) mass is 468 g/mol. The predicted octanol–water partition coefficient (Wildman–Crippen LogP) is 5.15. The number of carbonyl (C=O) groups is 2. The first-order valence-corrected chi connectivity index (χ1v) is 11.1. The highest BCUT2D eigenvalue weighted by Crippen LogP contribution is 2.26. The summed E-state index contributed by atoms with van der Waals surface area (Å²) >= 11 is 6.15. The molecule has 1 unspecified atom stereocenters. The number of hydrogen-bond acceptors (Lipinski definition) is 3. The molecular formula is C26H26ClFN2O3. The summed E-state index contributed by atoms with van der Waals surface area (Å²) in [7, 11) is 0. The third-order valence-corrected chi connectivity index (χ3v) is 5.31. The molecule has 0 radical (unpaired) electrons. The topological polar surface area (TPSA) is 58.6 Å². The molecule has 0 heterocycles. The first-order valence-electron chi connectivity index (χ1n) is 10.7. The van der Waals surface area contributed by atoms with Crippen molar-refractivity contribution in [1.82, 2.24) is 10.2 Å². The van der Waals surface area contributed by atoms with Crippen LogP contribution in [-0.2, 0) is 16.1 Å². The van der Waals surface area contributed by atoms with E-state index in [1.165, 1.54) is 17.0 Å². The minimum absolute atomic E-state index is 0.101. The molecule has 3 aromatic carbocycles. The summed E-state index contributed by atoms with van der Waals surface area (Å²) in [5.74, 6) is -0.698. The van der Waals surface area contributed by atoms with Gasteiger partial charge < -0.3 is 15.0 Å². The van der Waals surface area contributed by atoms with Crippen LogP contribution >= 0.6 is 11.6 Å². The van der Waals surface area contributed by atoms with Crippen LogP contribution in [0.4, 0.5) is 4.39 Å². The number of para-hydroxylation sites is 1. The second-order valence-corrected chi connectivity index (χ2v) is 7.88. The van der Waals surface area contributed by atoms with E-state index >= 15 is 0 Å². The standard InChI is InChI=1S/C26H26ClFN2O3/c1-2-16-29-26(32)25(20-8-4-3-5-9-20)30(17-19-12-14-21(28)15-13-19)24(31)18-33-23-11-7-6-10-22(23)27/h3-15,25H,2,16-18H2,1H3,(H,29,32). The van der Waals surface area contributed by atoms with Crippen LogP contribution < -0.4 is 10.1 Å². The highest BCUT2D eigenvalue weighted by molar-refractivity contribution is 6.32. The highest BCUT2D eigenvalue weighted by Gasteiger charge is 2.31. The minimum Gasteiger partial charge on any atom is -0.482 e. The van der Waals surface area contributed by atoms with Gasteiger partial charge in [-0.25, -0.2) is 4.39 Å². The zero-order chi connectivity index (χ0) is 23.6. The zero-order valence-corrected chi connectivity index (χ0v) is 19.1. The molecule has 0 bridgehead atoms. The van der Waals surface area contributed by atoms with Crippen molar-refractivity contribution < 1.29 is 18.7 Å². The Labute approximate surface area is 198 Å². The second-order valence-electron chi connectivity index (χ2n) is 7.47. The Morgan fingerprint density at radius 3 is 2.33 bits per heavy atom. The maximum atomic E-state index is 13.4. The number of halogens is 2. The van der Waals surface area contributed by atoms with E-state index in [9.17, 15) is 14.0 Å². The Hall–Kier alpha value is -3.38. The van der Waals surface area contributed by atoms with Crippen LogP contribution in [0.5, 0.6) is 5.75 Å². The molecule has 172 valence electrons. The first-order chi connectivity index (χ1) is 16.0. The normalized spacial score (nSPS) is 11.5. The van der Waals surface area contributed by atoms with Crippen molar-refractivity contribution in [2.45, 2.75) is 25.9 Å². The van der Waals surface area contributed by atoms with Crippen molar-refractivity contribution in [1.29, 1.82) is 0 Å².